The van der Waals surface area contributed by atoms with Gasteiger partial charge in [-0.25, -0.2) is 0 Å². The first-order valence-electron chi connectivity index (χ1n) is 9.49. The fraction of sp³-hybridized carbons (Fsp3) is 0.167. The summed E-state index contributed by atoms with van der Waals surface area (Å²) in [4.78, 5) is 19.0. The predicted molar refractivity (Wildman–Crippen MR) is 111 cm³/mol. The number of rotatable bonds is 6. The van der Waals surface area contributed by atoms with Gasteiger partial charge in [0.25, 0.3) is 0 Å². The van der Waals surface area contributed by atoms with Crippen LogP contribution in [0.2, 0.25) is 0 Å². The van der Waals surface area contributed by atoms with E-state index in [4.69, 9.17) is 9.47 Å². The summed E-state index contributed by atoms with van der Waals surface area (Å²) in [6.45, 7) is 3.32. The van der Waals surface area contributed by atoms with Gasteiger partial charge in [-0.15, -0.1) is 0 Å². The zero-order valence-electron chi connectivity index (χ0n) is 16.2. The molecule has 0 fully saturated rings. The van der Waals surface area contributed by atoms with Crippen LogP contribution in [0.25, 0.3) is 6.08 Å². The zero-order chi connectivity index (χ0) is 20.1. The summed E-state index contributed by atoms with van der Waals surface area (Å²) in [6, 6.07) is 17.6. The molecule has 4 rings (SSSR count). The van der Waals surface area contributed by atoms with Crippen LogP contribution in [-0.4, -0.2) is 22.6 Å². The highest BCUT2D eigenvalue weighted by molar-refractivity contribution is 5.91. The molecule has 1 aliphatic heterocycles. The van der Waals surface area contributed by atoms with Crippen LogP contribution in [0, 0.1) is 6.92 Å². The van der Waals surface area contributed by atoms with Crippen LogP contribution >= 0.6 is 0 Å². The maximum absolute atomic E-state index is 13.0. The normalized spacial score (nSPS) is 12.3. The Balaban J connectivity index is 1.54. The highest BCUT2D eigenvalue weighted by atomic mass is 16.7. The number of aryl methyl sites for hydroxylation is 1. The third-order valence-electron chi connectivity index (χ3n) is 4.85. The van der Waals surface area contributed by atoms with E-state index in [0.29, 0.717) is 18.8 Å². The average molecular weight is 386 g/mol. The Morgan fingerprint density at radius 2 is 1.93 bits per heavy atom. The molecule has 0 saturated carbocycles. The molecule has 146 valence electrons. The van der Waals surface area contributed by atoms with Crippen molar-refractivity contribution < 1.29 is 14.3 Å². The van der Waals surface area contributed by atoms with Crippen molar-refractivity contribution in [3.63, 3.8) is 0 Å². The van der Waals surface area contributed by atoms with E-state index in [-0.39, 0.29) is 12.7 Å². The second-order valence-corrected chi connectivity index (χ2v) is 6.93. The molecule has 1 aliphatic rings. The predicted octanol–water partition coefficient (Wildman–Crippen LogP) is 4.36. The molecule has 0 N–H and O–H groups in total. The number of amides is 1. The number of pyridine rings is 1. The van der Waals surface area contributed by atoms with E-state index < -0.39 is 0 Å². The van der Waals surface area contributed by atoms with Gasteiger partial charge in [-0.3, -0.25) is 9.78 Å². The highest BCUT2D eigenvalue weighted by Crippen LogP contribution is 2.32. The molecule has 5 heteroatoms. The lowest BCUT2D eigenvalue weighted by atomic mass is 10.1. The summed E-state index contributed by atoms with van der Waals surface area (Å²) in [5.41, 5.74) is 4.17. The van der Waals surface area contributed by atoms with Crippen molar-refractivity contribution in [1.82, 2.24) is 9.88 Å². The molecular weight excluding hydrogens is 364 g/mol. The SMILES string of the molecule is Cc1ccccc1CN(Cc1cccnc1)C(=O)/C=C/c1ccc2c(c1)OCO2. The lowest BCUT2D eigenvalue weighted by Gasteiger charge is -2.22. The van der Waals surface area contributed by atoms with Gasteiger partial charge in [0.1, 0.15) is 0 Å². The molecule has 5 nitrogen and oxygen atoms in total. The first-order chi connectivity index (χ1) is 14.2. The van der Waals surface area contributed by atoms with Gasteiger partial charge in [0.15, 0.2) is 11.5 Å². The van der Waals surface area contributed by atoms with Crippen molar-refractivity contribution >= 4 is 12.0 Å². The monoisotopic (exact) mass is 386 g/mol. The number of benzene rings is 2. The third kappa shape index (κ3) is 4.63. The Morgan fingerprint density at radius 1 is 1.07 bits per heavy atom. The summed E-state index contributed by atoms with van der Waals surface area (Å²) in [7, 11) is 0. The van der Waals surface area contributed by atoms with E-state index in [9.17, 15) is 4.79 Å². The number of hydrogen-bond donors (Lipinski definition) is 0. The first kappa shape index (κ1) is 18.7. The number of hydrogen-bond acceptors (Lipinski definition) is 4. The Hall–Kier alpha value is -3.60. The van der Waals surface area contributed by atoms with Crippen LogP contribution < -0.4 is 9.47 Å². The maximum atomic E-state index is 13.0. The van der Waals surface area contributed by atoms with Crippen molar-refractivity contribution in [2.24, 2.45) is 0 Å². The molecule has 29 heavy (non-hydrogen) atoms. The third-order valence-corrected chi connectivity index (χ3v) is 4.85. The number of carbonyl (C=O) groups is 1. The fourth-order valence-corrected chi connectivity index (χ4v) is 3.21. The largest absolute Gasteiger partial charge is 0.454 e. The standard InChI is InChI=1S/C24H22N2O3/c1-18-5-2-3-7-21(18)16-26(15-20-6-4-12-25-14-20)24(27)11-9-19-8-10-22-23(13-19)29-17-28-22/h2-14H,15-17H2,1H3/b11-9+. The van der Waals surface area contributed by atoms with Crippen LogP contribution in [-0.2, 0) is 17.9 Å². The second kappa shape index (κ2) is 8.61. The zero-order valence-corrected chi connectivity index (χ0v) is 16.2. The Kier molecular flexibility index (Phi) is 5.56. The molecule has 1 amide bonds. The summed E-state index contributed by atoms with van der Waals surface area (Å²) in [5.74, 6) is 1.37. The van der Waals surface area contributed by atoms with E-state index in [2.05, 4.69) is 24.0 Å². The molecule has 0 atom stereocenters. The Morgan fingerprint density at radius 3 is 2.76 bits per heavy atom. The van der Waals surface area contributed by atoms with Gasteiger partial charge in [0, 0.05) is 31.6 Å². The van der Waals surface area contributed by atoms with Crippen LogP contribution in [0.3, 0.4) is 0 Å². The molecule has 0 spiro atoms. The number of ether oxygens (including phenoxy) is 2. The maximum Gasteiger partial charge on any atom is 0.247 e. The highest BCUT2D eigenvalue weighted by Gasteiger charge is 2.15. The van der Waals surface area contributed by atoms with Crippen LogP contribution in [0.5, 0.6) is 11.5 Å². The van der Waals surface area contributed by atoms with Crippen molar-refractivity contribution in [2.75, 3.05) is 6.79 Å². The van der Waals surface area contributed by atoms with E-state index in [0.717, 1.165) is 28.0 Å². The summed E-state index contributed by atoms with van der Waals surface area (Å²) >= 11 is 0. The Labute approximate surface area is 170 Å². The molecule has 1 aromatic heterocycles. The van der Waals surface area contributed by atoms with Gasteiger partial charge >= 0.3 is 0 Å². The van der Waals surface area contributed by atoms with Crippen LogP contribution in [0.4, 0.5) is 0 Å². The molecule has 0 saturated heterocycles. The molecule has 0 bridgehead atoms. The summed E-state index contributed by atoms with van der Waals surface area (Å²) in [6.07, 6.45) is 6.93. The molecule has 0 unspecified atom stereocenters. The van der Waals surface area contributed by atoms with Crippen molar-refractivity contribution in [3.8, 4) is 11.5 Å². The van der Waals surface area contributed by atoms with Gasteiger partial charge in [-0.05, 0) is 53.5 Å². The van der Waals surface area contributed by atoms with Gasteiger partial charge in [0.05, 0.1) is 0 Å². The van der Waals surface area contributed by atoms with Crippen molar-refractivity contribution in [3.05, 3.63) is 95.3 Å². The summed E-state index contributed by atoms with van der Waals surface area (Å²) < 4.78 is 10.7. The van der Waals surface area contributed by atoms with Crippen molar-refractivity contribution in [1.29, 1.82) is 0 Å². The fourth-order valence-electron chi connectivity index (χ4n) is 3.21. The minimum absolute atomic E-state index is 0.0604. The van der Waals surface area contributed by atoms with E-state index in [1.54, 1.807) is 24.5 Å². The van der Waals surface area contributed by atoms with E-state index >= 15 is 0 Å². The average Bonchev–Trinajstić information content (AvgIpc) is 3.22. The molecule has 3 aromatic rings. The van der Waals surface area contributed by atoms with E-state index in [1.165, 1.54) is 0 Å². The summed E-state index contributed by atoms with van der Waals surface area (Å²) in [5, 5.41) is 0. The molecule has 2 heterocycles. The minimum Gasteiger partial charge on any atom is -0.454 e. The number of fused-ring (bicyclic) bond motifs is 1. The van der Waals surface area contributed by atoms with E-state index in [1.807, 2.05) is 47.4 Å². The minimum atomic E-state index is -0.0604. The lowest BCUT2D eigenvalue weighted by Crippen LogP contribution is -2.28. The number of aromatic nitrogens is 1. The number of nitrogens with zero attached hydrogens (tertiary/aromatic N) is 2. The topological polar surface area (TPSA) is 51.7 Å². The lowest BCUT2D eigenvalue weighted by molar-refractivity contribution is -0.127. The smallest absolute Gasteiger partial charge is 0.247 e. The first-order valence-corrected chi connectivity index (χ1v) is 9.49. The molecule has 0 aliphatic carbocycles. The van der Waals surface area contributed by atoms with Gasteiger partial charge in [0.2, 0.25) is 12.7 Å². The molecule has 0 radical (unpaired) electrons. The van der Waals surface area contributed by atoms with Gasteiger partial charge in [-0.1, -0.05) is 36.4 Å². The second-order valence-electron chi connectivity index (χ2n) is 6.93. The van der Waals surface area contributed by atoms with Crippen molar-refractivity contribution in [2.45, 2.75) is 20.0 Å². The number of carbonyl (C=O) groups excluding carboxylic acids is 1. The Bertz CT molecular complexity index is 1030. The van der Waals surface area contributed by atoms with Crippen LogP contribution in [0.1, 0.15) is 22.3 Å². The molecular formula is C24H22N2O3. The van der Waals surface area contributed by atoms with Crippen LogP contribution in [0.15, 0.2) is 73.1 Å². The van der Waals surface area contributed by atoms with Gasteiger partial charge < -0.3 is 14.4 Å². The van der Waals surface area contributed by atoms with Gasteiger partial charge in [-0.2, -0.15) is 0 Å². The molecule has 2 aromatic carbocycles. The quantitative estimate of drug-likeness (QED) is 0.591.